The van der Waals surface area contributed by atoms with Crippen LogP contribution in [0.5, 0.6) is 0 Å². The summed E-state index contributed by atoms with van der Waals surface area (Å²) in [5.41, 5.74) is 0. The van der Waals surface area contributed by atoms with Crippen molar-refractivity contribution >= 4 is 50.1 Å². The van der Waals surface area contributed by atoms with Crippen molar-refractivity contribution in [1.82, 2.24) is 4.90 Å². The van der Waals surface area contributed by atoms with Crippen LogP contribution in [0.1, 0.15) is 12.2 Å². The standard InChI is InChI=1S/C12H11NO4S3/c14-11-10(6-9-2-1-4-17-9)19-12(18)13(11)8-3-5-20(15,16)7-8/h1-2,4,6,8H,3,5,7H2/b10-6-/t8-/m0/s1. The van der Waals surface area contributed by atoms with E-state index in [-0.39, 0.29) is 23.5 Å². The highest BCUT2D eigenvalue weighted by Gasteiger charge is 2.42. The number of carbonyl (C=O) groups is 1. The van der Waals surface area contributed by atoms with Crippen molar-refractivity contribution in [2.75, 3.05) is 11.5 Å². The molecule has 8 heteroatoms. The van der Waals surface area contributed by atoms with Crippen molar-refractivity contribution in [3.8, 4) is 0 Å². The number of hydrogen-bond acceptors (Lipinski definition) is 6. The van der Waals surface area contributed by atoms with E-state index in [2.05, 4.69) is 0 Å². The maximum Gasteiger partial charge on any atom is 0.266 e. The van der Waals surface area contributed by atoms with E-state index in [1.54, 1.807) is 18.2 Å². The SMILES string of the molecule is O=C1/C(=C/c2ccco2)SC(=S)N1[C@H]1CCS(=O)(=O)C1. The van der Waals surface area contributed by atoms with E-state index in [0.29, 0.717) is 21.4 Å². The quantitative estimate of drug-likeness (QED) is 0.607. The minimum Gasteiger partial charge on any atom is -0.465 e. The molecule has 0 spiro atoms. The molecule has 0 radical (unpaired) electrons. The molecule has 1 atom stereocenters. The highest BCUT2D eigenvalue weighted by Crippen LogP contribution is 2.36. The van der Waals surface area contributed by atoms with Crippen LogP contribution in [0.4, 0.5) is 0 Å². The van der Waals surface area contributed by atoms with Crippen LogP contribution in [0.2, 0.25) is 0 Å². The summed E-state index contributed by atoms with van der Waals surface area (Å²) < 4.78 is 28.6. The Morgan fingerprint density at radius 3 is 2.90 bits per heavy atom. The molecular weight excluding hydrogens is 318 g/mol. The van der Waals surface area contributed by atoms with Gasteiger partial charge in [0.2, 0.25) is 0 Å². The number of hydrogen-bond donors (Lipinski definition) is 0. The summed E-state index contributed by atoms with van der Waals surface area (Å²) in [4.78, 5) is 14.2. The average molecular weight is 329 g/mol. The number of amides is 1. The Morgan fingerprint density at radius 2 is 2.30 bits per heavy atom. The van der Waals surface area contributed by atoms with Gasteiger partial charge < -0.3 is 4.42 Å². The number of nitrogens with zero attached hydrogens (tertiary/aromatic N) is 1. The second-order valence-corrected chi connectivity index (χ2v) is 8.53. The van der Waals surface area contributed by atoms with E-state index in [1.165, 1.54) is 22.9 Å². The molecule has 3 heterocycles. The van der Waals surface area contributed by atoms with Crippen LogP contribution >= 0.6 is 24.0 Å². The molecule has 0 aliphatic carbocycles. The zero-order valence-corrected chi connectivity index (χ0v) is 12.8. The molecule has 1 amide bonds. The van der Waals surface area contributed by atoms with E-state index in [4.69, 9.17) is 16.6 Å². The van der Waals surface area contributed by atoms with Gasteiger partial charge in [-0.15, -0.1) is 0 Å². The third kappa shape index (κ3) is 2.55. The van der Waals surface area contributed by atoms with Crippen molar-refractivity contribution in [1.29, 1.82) is 0 Å². The first-order valence-electron chi connectivity index (χ1n) is 5.97. The number of thiocarbonyl (C=S) groups is 1. The van der Waals surface area contributed by atoms with Gasteiger partial charge in [-0.05, 0) is 18.6 Å². The minimum atomic E-state index is -3.05. The van der Waals surface area contributed by atoms with E-state index >= 15 is 0 Å². The number of sulfone groups is 1. The van der Waals surface area contributed by atoms with E-state index in [1.807, 2.05) is 0 Å². The molecule has 1 aromatic heterocycles. The summed E-state index contributed by atoms with van der Waals surface area (Å²) in [7, 11) is -3.05. The summed E-state index contributed by atoms with van der Waals surface area (Å²) in [5, 5.41) is 0. The predicted molar refractivity (Wildman–Crippen MR) is 80.8 cm³/mol. The van der Waals surface area contributed by atoms with Gasteiger partial charge in [0.25, 0.3) is 5.91 Å². The summed E-state index contributed by atoms with van der Waals surface area (Å²) in [6.45, 7) is 0. The number of furan rings is 1. The van der Waals surface area contributed by atoms with Crippen LogP contribution in [-0.2, 0) is 14.6 Å². The molecule has 0 aromatic carbocycles. The summed E-state index contributed by atoms with van der Waals surface area (Å²) >= 11 is 6.38. The van der Waals surface area contributed by atoms with Gasteiger partial charge in [-0.3, -0.25) is 9.69 Å². The molecule has 0 saturated carbocycles. The maximum atomic E-state index is 12.4. The lowest BCUT2D eigenvalue weighted by Crippen LogP contribution is -2.39. The van der Waals surface area contributed by atoms with Crippen LogP contribution in [0, 0.1) is 0 Å². The molecule has 106 valence electrons. The van der Waals surface area contributed by atoms with Crippen LogP contribution in [0.25, 0.3) is 6.08 Å². The topological polar surface area (TPSA) is 67.6 Å². The first kappa shape index (κ1) is 13.8. The van der Waals surface area contributed by atoms with Crippen molar-refractivity contribution in [2.24, 2.45) is 0 Å². The van der Waals surface area contributed by atoms with Crippen LogP contribution in [-0.4, -0.2) is 41.1 Å². The third-order valence-corrected chi connectivity index (χ3v) is 6.29. The van der Waals surface area contributed by atoms with Gasteiger partial charge in [-0.1, -0.05) is 24.0 Å². The maximum absolute atomic E-state index is 12.4. The second kappa shape index (κ2) is 5.01. The molecule has 1 aromatic rings. The molecule has 5 nitrogen and oxygen atoms in total. The highest BCUT2D eigenvalue weighted by atomic mass is 32.2. The van der Waals surface area contributed by atoms with Crippen LogP contribution in [0.3, 0.4) is 0 Å². The zero-order chi connectivity index (χ0) is 14.3. The van der Waals surface area contributed by atoms with Gasteiger partial charge in [0.15, 0.2) is 9.84 Å². The van der Waals surface area contributed by atoms with Gasteiger partial charge in [0.1, 0.15) is 10.1 Å². The van der Waals surface area contributed by atoms with Gasteiger partial charge in [-0.2, -0.15) is 0 Å². The zero-order valence-electron chi connectivity index (χ0n) is 10.3. The van der Waals surface area contributed by atoms with Crippen molar-refractivity contribution in [3.05, 3.63) is 29.1 Å². The van der Waals surface area contributed by atoms with E-state index < -0.39 is 9.84 Å². The molecule has 2 aliphatic rings. The monoisotopic (exact) mass is 329 g/mol. The first-order valence-corrected chi connectivity index (χ1v) is 9.02. The van der Waals surface area contributed by atoms with Crippen molar-refractivity contribution in [2.45, 2.75) is 12.5 Å². The lowest BCUT2D eigenvalue weighted by atomic mass is 10.2. The molecule has 2 aliphatic heterocycles. The van der Waals surface area contributed by atoms with Crippen LogP contribution < -0.4 is 0 Å². The van der Waals surface area contributed by atoms with Gasteiger partial charge in [-0.25, -0.2) is 8.42 Å². The summed E-state index contributed by atoms with van der Waals surface area (Å²) in [5.74, 6) is 0.447. The number of rotatable bonds is 2. The number of carbonyl (C=O) groups excluding carboxylic acids is 1. The fourth-order valence-corrected chi connectivity index (χ4v) is 5.36. The van der Waals surface area contributed by atoms with E-state index in [9.17, 15) is 13.2 Å². The number of thioether (sulfide) groups is 1. The lowest BCUT2D eigenvalue weighted by Gasteiger charge is -2.20. The molecule has 0 unspecified atom stereocenters. The predicted octanol–water partition coefficient (Wildman–Crippen LogP) is 1.67. The molecule has 2 fully saturated rings. The van der Waals surface area contributed by atoms with Gasteiger partial charge in [0.05, 0.1) is 28.7 Å². The molecule has 0 bridgehead atoms. The van der Waals surface area contributed by atoms with Crippen LogP contribution in [0.15, 0.2) is 27.7 Å². The molecule has 0 N–H and O–H groups in total. The highest BCUT2D eigenvalue weighted by molar-refractivity contribution is 8.26. The Hall–Kier alpha value is -1.12. The molecule has 20 heavy (non-hydrogen) atoms. The Morgan fingerprint density at radius 1 is 1.50 bits per heavy atom. The Kier molecular flexibility index (Phi) is 3.47. The van der Waals surface area contributed by atoms with Crippen molar-refractivity contribution < 1.29 is 17.6 Å². The fraction of sp³-hybridized carbons (Fsp3) is 0.333. The fourth-order valence-electron chi connectivity index (χ4n) is 2.28. The minimum absolute atomic E-state index is 0.00648. The van der Waals surface area contributed by atoms with Gasteiger partial charge in [0, 0.05) is 6.08 Å². The first-order chi connectivity index (χ1) is 9.46. The lowest BCUT2D eigenvalue weighted by molar-refractivity contribution is -0.123. The summed E-state index contributed by atoms with van der Waals surface area (Å²) in [6.07, 6.45) is 3.60. The average Bonchev–Trinajstić information content (AvgIpc) is 3.03. The Bertz CT molecular complexity index is 690. The molecule has 2 saturated heterocycles. The largest absolute Gasteiger partial charge is 0.465 e. The normalized spacial score (nSPS) is 27.7. The Balaban J connectivity index is 1.85. The van der Waals surface area contributed by atoms with Crippen molar-refractivity contribution in [3.63, 3.8) is 0 Å². The summed E-state index contributed by atoms with van der Waals surface area (Å²) in [6, 6.07) is 3.14. The third-order valence-electron chi connectivity index (χ3n) is 3.21. The Labute approximate surface area is 125 Å². The van der Waals surface area contributed by atoms with E-state index in [0.717, 1.165) is 0 Å². The molecular formula is C12H11NO4S3. The second-order valence-electron chi connectivity index (χ2n) is 4.62. The smallest absolute Gasteiger partial charge is 0.266 e. The van der Waals surface area contributed by atoms with Gasteiger partial charge >= 0.3 is 0 Å². The molecule has 3 rings (SSSR count).